The Kier molecular flexibility index (Phi) is 2.82. The normalized spacial score (nSPS) is 26.7. The smallest absolute Gasteiger partial charge is 0.0603 e. The van der Waals surface area contributed by atoms with Gasteiger partial charge < -0.3 is 16.0 Å². The summed E-state index contributed by atoms with van der Waals surface area (Å²) in [6.45, 7) is 6.48. The molecule has 2 atom stereocenters. The van der Waals surface area contributed by atoms with Crippen molar-refractivity contribution in [2.75, 3.05) is 23.7 Å². The molecule has 3 nitrogen and oxygen atoms in total. The molecule has 1 aromatic carbocycles. The summed E-state index contributed by atoms with van der Waals surface area (Å²) in [5.41, 5.74) is 8.04. The van der Waals surface area contributed by atoms with Crippen LogP contribution in [0.5, 0.6) is 0 Å². The monoisotopic (exact) mass is 205 g/mol. The summed E-state index contributed by atoms with van der Waals surface area (Å²) < 4.78 is 0. The Labute approximate surface area is 91.3 Å². The summed E-state index contributed by atoms with van der Waals surface area (Å²) in [7, 11) is 0. The number of piperazine rings is 1. The highest BCUT2D eigenvalue weighted by molar-refractivity contribution is 5.68. The Bertz CT molecular complexity index is 337. The molecule has 0 unspecified atom stereocenters. The maximum absolute atomic E-state index is 6.00. The minimum absolute atomic E-state index is 0.505. The summed E-state index contributed by atoms with van der Waals surface area (Å²) in [6.07, 6.45) is 0. The second-order valence-electron chi connectivity index (χ2n) is 4.37. The van der Waals surface area contributed by atoms with E-state index in [1.165, 1.54) is 5.69 Å². The van der Waals surface area contributed by atoms with E-state index in [4.69, 9.17) is 5.73 Å². The number of nitrogen functional groups attached to an aromatic ring is 1. The van der Waals surface area contributed by atoms with Gasteiger partial charge in [0.25, 0.3) is 0 Å². The van der Waals surface area contributed by atoms with Gasteiger partial charge in [0.1, 0.15) is 0 Å². The van der Waals surface area contributed by atoms with Crippen LogP contribution in [0.3, 0.4) is 0 Å². The number of benzene rings is 1. The molecule has 0 aliphatic carbocycles. The number of para-hydroxylation sites is 2. The van der Waals surface area contributed by atoms with Crippen molar-refractivity contribution in [3.05, 3.63) is 24.3 Å². The average Bonchev–Trinajstić information content (AvgIpc) is 2.23. The van der Waals surface area contributed by atoms with Crippen LogP contribution in [0, 0.1) is 0 Å². The lowest BCUT2D eigenvalue weighted by Crippen LogP contribution is -2.54. The van der Waals surface area contributed by atoms with E-state index in [1.807, 2.05) is 18.2 Å². The molecule has 0 amide bonds. The van der Waals surface area contributed by atoms with Crippen LogP contribution < -0.4 is 16.0 Å². The maximum Gasteiger partial charge on any atom is 0.0603 e. The summed E-state index contributed by atoms with van der Waals surface area (Å²) in [4.78, 5) is 2.39. The van der Waals surface area contributed by atoms with E-state index >= 15 is 0 Å². The lowest BCUT2D eigenvalue weighted by molar-refractivity contribution is 0.425. The minimum Gasteiger partial charge on any atom is -0.397 e. The fraction of sp³-hybridized carbons (Fsp3) is 0.500. The minimum atomic E-state index is 0.505. The van der Waals surface area contributed by atoms with Gasteiger partial charge >= 0.3 is 0 Å². The zero-order chi connectivity index (χ0) is 10.8. The lowest BCUT2D eigenvalue weighted by Gasteiger charge is -2.39. The highest BCUT2D eigenvalue weighted by atomic mass is 15.2. The Morgan fingerprint density at radius 2 is 2.07 bits per heavy atom. The second kappa shape index (κ2) is 4.11. The second-order valence-corrected chi connectivity index (χ2v) is 4.37. The number of nitrogens with two attached hydrogens (primary N) is 1. The molecule has 3 heteroatoms. The highest BCUT2D eigenvalue weighted by Gasteiger charge is 2.23. The summed E-state index contributed by atoms with van der Waals surface area (Å²) in [5.74, 6) is 0. The van der Waals surface area contributed by atoms with Crippen LogP contribution in [0.2, 0.25) is 0 Å². The Morgan fingerprint density at radius 1 is 1.33 bits per heavy atom. The predicted octanol–water partition coefficient (Wildman–Crippen LogP) is 1.46. The zero-order valence-corrected chi connectivity index (χ0v) is 9.40. The number of nitrogens with one attached hydrogen (secondary N) is 1. The quantitative estimate of drug-likeness (QED) is 0.682. The lowest BCUT2D eigenvalue weighted by atomic mass is 10.1. The van der Waals surface area contributed by atoms with Crippen molar-refractivity contribution in [1.29, 1.82) is 0 Å². The average molecular weight is 205 g/mol. The summed E-state index contributed by atoms with van der Waals surface area (Å²) in [6, 6.07) is 9.13. The molecular weight excluding hydrogens is 186 g/mol. The van der Waals surface area contributed by atoms with Gasteiger partial charge in [0.2, 0.25) is 0 Å². The fourth-order valence-electron chi connectivity index (χ4n) is 2.11. The first-order valence-corrected chi connectivity index (χ1v) is 5.53. The third kappa shape index (κ3) is 2.07. The predicted molar refractivity (Wildman–Crippen MR) is 65.1 cm³/mol. The summed E-state index contributed by atoms with van der Waals surface area (Å²) >= 11 is 0. The molecule has 1 aliphatic rings. The zero-order valence-electron chi connectivity index (χ0n) is 9.40. The number of hydrogen-bond acceptors (Lipinski definition) is 3. The molecule has 0 bridgehead atoms. The maximum atomic E-state index is 6.00. The van der Waals surface area contributed by atoms with Crippen molar-refractivity contribution in [1.82, 2.24) is 5.32 Å². The molecule has 0 aromatic heterocycles. The van der Waals surface area contributed by atoms with Crippen LogP contribution >= 0.6 is 0 Å². The first-order chi connectivity index (χ1) is 7.18. The SMILES string of the molecule is C[C@@H]1CN(c2ccccc2N)[C@@H](C)CN1. The van der Waals surface area contributed by atoms with Crippen molar-refractivity contribution in [2.45, 2.75) is 25.9 Å². The third-order valence-corrected chi connectivity index (χ3v) is 3.01. The van der Waals surface area contributed by atoms with Crippen molar-refractivity contribution in [3.8, 4) is 0 Å². The van der Waals surface area contributed by atoms with Crippen molar-refractivity contribution in [3.63, 3.8) is 0 Å². The molecule has 15 heavy (non-hydrogen) atoms. The molecule has 1 fully saturated rings. The molecule has 82 valence electrons. The molecule has 2 rings (SSSR count). The topological polar surface area (TPSA) is 41.3 Å². The number of anilines is 2. The van der Waals surface area contributed by atoms with Crippen molar-refractivity contribution in [2.24, 2.45) is 0 Å². The molecule has 0 saturated carbocycles. The molecule has 1 heterocycles. The number of nitrogens with zero attached hydrogens (tertiary/aromatic N) is 1. The van der Waals surface area contributed by atoms with Crippen molar-refractivity contribution < 1.29 is 0 Å². The van der Waals surface area contributed by atoms with Crippen LogP contribution in [0.25, 0.3) is 0 Å². The van der Waals surface area contributed by atoms with E-state index in [9.17, 15) is 0 Å². The molecule has 1 aliphatic heterocycles. The van der Waals surface area contributed by atoms with Gasteiger partial charge in [-0.05, 0) is 26.0 Å². The Morgan fingerprint density at radius 3 is 2.80 bits per heavy atom. The van der Waals surface area contributed by atoms with Gasteiger partial charge in [-0.1, -0.05) is 12.1 Å². The van der Waals surface area contributed by atoms with E-state index in [0.29, 0.717) is 12.1 Å². The first kappa shape index (κ1) is 10.3. The van der Waals surface area contributed by atoms with Crippen LogP contribution in [-0.4, -0.2) is 25.2 Å². The van der Waals surface area contributed by atoms with Gasteiger partial charge in [0.15, 0.2) is 0 Å². The van der Waals surface area contributed by atoms with Gasteiger partial charge in [0.05, 0.1) is 11.4 Å². The third-order valence-electron chi connectivity index (χ3n) is 3.01. The van der Waals surface area contributed by atoms with Gasteiger partial charge in [-0.25, -0.2) is 0 Å². The van der Waals surface area contributed by atoms with Gasteiger partial charge in [-0.15, -0.1) is 0 Å². The van der Waals surface area contributed by atoms with E-state index in [1.54, 1.807) is 0 Å². The molecule has 0 spiro atoms. The van der Waals surface area contributed by atoms with Gasteiger partial charge in [0, 0.05) is 25.2 Å². The van der Waals surface area contributed by atoms with Crippen LogP contribution in [0.15, 0.2) is 24.3 Å². The van der Waals surface area contributed by atoms with Crippen LogP contribution in [-0.2, 0) is 0 Å². The standard InChI is InChI=1S/C12H19N3/c1-9-8-15(10(2)7-14-9)12-6-4-3-5-11(12)13/h3-6,9-10,14H,7-8,13H2,1-2H3/t9-,10+/m1/s1. The number of rotatable bonds is 1. The highest BCUT2D eigenvalue weighted by Crippen LogP contribution is 2.25. The fourth-order valence-corrected chi connectivity index (χ4v) is 2.11. The molecule has 1 saturated heterocycles. The molecule has 3 N–H and O–H groups in total. The van der Waals surface area contributed by atoms with Crippen LogP contribution in [0.4, 0.5) is 11.4 Å². The van der Waals surface area contributed by atoms with Gasteiger partial charge in [-0.2, -0.15) is 0 Å². The Hall–Kier alpha value is -1.22. The largest absolute Gasteiger partial charge is 0.397 e. The molecule has 1 aromatic rings. The van der Waals surface area contributed by atoms with E-state index in [-0.39, 0.29) is 0 Å². The van der Waals surface area contributed by atoms with Gasteiger partial charge in [-0.3, -0.25) is 0 Å². The van der Waals surface area contributed by atoms with Crippen molar-refractivity contribution >= 4 is 11.4 Å². The van der Waals surface area contributed by atoms with E-state index < -0.39 is 0 Å². The van der Waals surface area contributed by atoms with E-state index in [2.05, 4.69) is 30.1 Å². The van der Waals surface area contributed by atoms with Crippen LogP contribution in [0.1, 0.15) is 13.8 Å². The summed E-state index contributed by atoms with van der Waals surface area (Å²) in [5, 5.41) is 3.47. The Balaban J connectivity index is 2.25. The first-order valence-electron chi connectivity index (χ1n) is 5.53. The van der Waals surface area contributed by atoms with E-state index in [0.717, 1.165) is 18.8 Å². The molecular formula is C12H19N3. The number of hydrogen-bond donors (Lipinski definition) is 2. The molecule has 0 radical (unpaired) electrons.